The van der Waals surface area contributed by atoms with Crippen molar-refractivity contribution in [3.05, 3.63) is 29.6 Å². The number of benzene rings is 1. The van der Waals surface area contributed by atoms with Crippen molar-refractivity contribution in [3.63, 3.8) is 0 Å². The van der Waals surface area contributed by atoms with E-state index in [0.29, 0.717) is 13.2 Å². The van der Waals surface area contributed by atoms with Crippen molar-refractivity contribution < 1.29 is 9.53 Å². The van der Waals surface area contributed by atoms with E-state index in [9.17, 15) is 4.79 Å². The molecule has 5 heteroatoms. The number of ether oxygens (including phenoxy) is 1. The van der Waals surface area contributed by atoms with Gasteiger partial charge in [0.05, 0.1) is 11.0 Å². The third-order valence-electron chi connectivity index (χ3n) is 3.82. The van der Waals surface area contributed by atoms with Gasteiger partial charge in [0.1, 0.15) is 11.4 Å². The number of carbonyl (C=O) groups excluding carboxylic acids is 1. The molecule has 20 heavy (non-hydrogen) atoms. The summed E-state index contributed by atoms with van der Waals surface area (Å²) in [5.74, 6) is 0.865. The van der Waals surface area contributed by atoms with Crippen LogP contribution >= 0.6 is 0 Å². The van der Waals surface area contributed by atoms with E-state index in [2.05, 4.69) is 15.3 Å². The molecule has 1 amide bonds. The van der Waals surface area contributed by atoms with Crippen molar-refractivity contribution in [2.24, 2.45) is 0 Å². The van der Waals surface area contributed by atoms with E-state index in [1.54, 1.807) is 0 Å². The van der Waals surface area contributed by atoms with Gasteiger partial charge in [0.2, 0.25) is 0 Å². The molecule has 0 saturated carbocycles. The van der Waals surface area contributed by atoms with E-state index < -0.39 is 5.60 Å². The molecule has 1 saturated heterocycles. The van der Waals surface area contributed by atoms with Crippen LogP contribution in [-0.2, 0) is 16.1 Å². The topological polar surface area (TPSA) is 67.0 Å². The number of H-pyrrole nitrogens is 1. The molecule has 1 fully saturated rings. The summed E-state index contributed by atoms with van der Waals surface area (Å²) in [5, 5.41) is 2.95. The number of aryl methyl sites for hydroxylation is 1. The molecule has 106 valence electrons. The summed E-state index contributed by atoms with van der Waals surface area (Å²) in [5.41, 5.74) is 2.34. The lowest BCUT2D eigenvalue weighted by Gasteiger charge is -2.21. The zero-order valence-corrected chi connectivity index (χ0v) is 11.8. The maximum atomic E-state index is 12.2. The highest BCUT2D eigenvalue weighted by Crippen LogP contribution is 2.25. The number of aromatic amines is 1. The van der Waals surface area contributed by atoms with Gasteiger partial charge in [-0.3, -0.25) is 4.79 Å². The molecule has 1 atom stereocenters. The predicted octanol–water partition coefficient (Wildman–Crippen LogP) is 2.06. The molecule has 0 bridgehead atoms. The highest BCUT2D eigenvalue weighted by atomic mass is 16.5. The van der Waals surface area contributed by atoms with E-state index >= 15 is 0 Å². The zero-order chi connectivity index (χ0) is 14.2. The van der Waals surface area contributed by atoms with E-state index in [0.717, 1.165) is 35.3 Å². The molecule has 5 nitrogen and oxygen atoms in total. The van der Waals surface area contributed by atoms with Crippen LogP contribution in [0.15, 0.2) is 18.2 Å². The average molecular weight is 273 g/mol. The Morgan fingerprint density at radius 1 is 1.55 bits per heavy atom. The van der Waals surface area contributed by atoms with Crippen LogP contribution in [0.2, 0.25) is 0 Å². The van der Waals surface area contributed by atoms with E-state index in [4.69, 9.17) is 4.74 Å². The van der Waals surface area contributed by atoms with E-state index in [1.165, 1.54) is 0 Å². The van der Waals surface area contributed by atoms with Gasteiger partial charge in [-0.05, 0) is 44.4 Å². The second kappa shape index (κ2) is 4.90. The van der Waals surface area contributed by atoms with Gasteiger partial charge in [-0.25, -0.2) is 4.98 Å². The fourth-order valence-electron chi connectivity index (χ4n) is 2.62. The highest BCUT2D eigenvalue weighted by Gasteiger charge is 2.37. The summed E-state index contributed by atoms with van der Waals surface area (Å²) in [4.78, 5) is 19.7. The van der Waals surface area contributed by atoms with Crippen LogP contribution in [-0.4, -0.2) is 28.1 Å². The van der Waals surface area contributed by atoms with Gasteiger partial charge >= 0.3 is 0 Å². The summed E-state index contributed by atoms with van der Waals surface area (Å²) < 4.78 is 5.54. The molecule has 2 heterocycles. The Labute approximate surface area is 117 Å². The van der Waals surface area contributed by atoms with E-state index in [1.807, 2.05) is 32.0 Å². The number of aromatic nitrogens is 2. The summed E-state index contributed by atoms with van der Waals surface area (Å²) in [6.07, 6.45) is 1.74. The summed E-state index contributed by atoms with van der Waals surface area (Å²) in [7, 11) is 0. The van der Waals surface area contributed by atoms with Crippen LogP contribution in [0.4, 0.5) is 0 Å². The molecule has 0 aliphatic carbocycles. The molecule has 1 aliphatic heterocycles. The second-order valence-electron chi connectivity index (χ2n) is 5.54. The number of rotatable bonds is 3. The van der Waals surface area contributed by atoms with Crippen molar-refractivity contribution in [2.75, 3.05) is 6.61 Å². The maximum Gasteiger partial charge on any atom is 0.252 e. The molecular weight excluding hydrogens is 254 g/mol. The molecule has 3 rings (SSSR count). The first-order chi connectivity index (χ1) is 9.57. The monoisotopic (exact) mass is 273 g/mol. The normalized spacial score (nSPS) is 22.3. The van der Waals surface area contributed by atoms with Gasteiger partial charge in [-0.2, -0.15) is 0 Å². The number of nitrogens with zero attached hydrogens (tertiary/aromatic N) is 1. The molecule has 1 aromatic carbocycles. The molecule has 0 spiro atoms. The minimum atomic E-state index is -0.658. The van der Waals surface area contributed by atoms with Crippen molar-refractivity contribution in [3.8, 4) is 0 Å². The van der Waals surface area contributed by atoms with Crippen molar-refractivity contribution >= 4 is 16.9 Å². The number of hydrogen-bond donors (Lipinski definition) is 2. The number of carbonyl (C=O) groups is 1. The number of fused-ring (bicyclic) bond motifs is 1. The fraction of sp³-hybridized carbons (Fsp3) is 0.467. The standard InChI is InChI=1S/C15H19N3O2/c1-10-17-12-5-4-11(8-13(12)18-10)9-16-14(19)15(2)6-3-7-20-15/h4-5,8H,3,6-7,9H2,1-2H3,(H,16,19)(H,17,18)/t15-/m1/s1. The van der Waals surface area contributed by atoms with Crippen molar-refractivity contribution in [1.82, 2.24) is 15.3 Å². The quantitative estimate of drug-likeness (QED) is 0.899. The molecule has 0 radical (unpaired) electrons. The van der Waals surface area contributed by atoms with Crippen LogP contribution in [0.3, 0.4) is 0 Å². The number of amides is 1. The Kier molecular flexibility index (Phi) is 3.22. The first-order valence-electron chi connectivity index (χ1n) is 6.94. The van der Waals surface area contributed by atoms with Gasteiger partial charge in [0, 0.05) is 13.2 Å². The van der Waals surface area contributed by atoms with Crippen molar-refractivity contribution in [2.45, 2.75) is 38.8 Å². The summed E-state index contributed by atoms with van der Waals surface area (Å²) in [6.45, 7) is 4.96. The second-order valence-corrected chi connectivity index (χ2v) is 5.54. The molecular formula is C15H19N3O2. The molecule has 1 aromatic heterocycles. The number of imidazole rings is 1. The Morgan fingerprint density at radius 2 is 2.40 bits per heavy atom. The SMILES string of the molecule is Cc1nc2ccc(CNC(=O)[C@@]3(C)CCCO3)cc2[nH]1. The molecule has 0 unspecified atom stereocenters. The van der Waals surface area contributed by atoms with Gasteiger partial charge in [-0.1, -0.05) is 6.07 Å². The van der Waals surface area contributed by atoms with Crippen LogP contribution in [0, 0.1) is 6.92 Å². The smallest absolute Gasteiger partial charge is 0.252 e. The first kappa shape index (κ1) is 13.1. The molecule has 2 N–H and O–H groups in total. The Hall–Kier alpha value is -1.88. The molecule has 2 aromatic rings. The lowest BCUT2D eigenvalue weighted by molar-refractivity contribution is -0.139. The Bertz CT molecular complexity index is 642. The zero-order valence-electron chi connectivity index (χ0n) is 11.8. The highest BCUT2D eigenvalue weighted by molar-refractivity contribution is 5.85. The third kappa shape index (κ3) is 2.41. The third-order valence-corrected chi connectivity index (χ3v) is 3.82. The van der Waals surface area contributed by atoms with Crippen LogP contribution in [0.1, 0.15) is 31.2 Å². The van der Waals surface area contributed by atoms with Crippen molar-refractivity contribution in [1.29, 1.82) is 0 Å². The maximum absolute atomic E-state index is 12.2. The Balaban J connectivity index is 1.68. The lowest BCUT2D eigenvalue weighted by atomic mass is 10.0. The summed E-state index contributed by atoms with van der Waals surface area (Å²) >= 11 is 0. The predicted molar refractivity (Wildman–Crippen MR) is 76.3 cm³/mol. The number of hydrogen-bond acceptors (Lipinski definition) is 3. The number of nitrogens with one attached hydrogen (secondary N) is 2. The fourth-order valence-corrected chi connectivity index (χ4v) is 2.62. The Morgan fingerprint density at radius 3 is 3.15 bits per heavy atom. The summed E-state index contributed by atoms with van der Waals surface area (Å²) in [6, 6.07) is 5.97. The minimum absolute atomic E-state index is 0.0316. The average Bonchev–Trinajstić information content (AvgIpc) is 3.01. The largest absolute Gasteiger partial charge is 0.365 e. The first-order valence-corrected chi connectivity index (χ1v) is 6.94. The van der Waals surface area contributed by atoms with Crippen LogP contribution in [0.25, 0.3) is 11.0 Å². The van der Waals surface area contributed by atoms with Crippen LogP contribution < -0.4 is 5.32 Å². The van der Waals surface area contributed by atoms with Gasteiger partial charge in [0.25, 0.3) is 5.91 Å². The minimum Gasteiger partial charge on any atom is -0.365 e. The van der Waals surface area contributed by atoms with Crippen LogP contribution in [0.5, 0.6) is 0 Å². The van der Waals surface area contributed by atoms with Gasteiger partial charge in [-0.15, -0.1) is 0 Å². The lowest BCUT2D eigenvalue weighted by Crippen LogP contribution is -2.43. The van der Waals surface area contributed by atoms with Gasteiger partial charge < -0.3 is 15.0 Å². The van der Waals surface area contributed by atoms with Gasteiger partial charge in [0.15, 0.2) is 0 Å². The van der Waals surface area contributed by atoms with E-state index in [-0.39, 0.29) is 5.91 Å². The molecule has 1 aliphatic rings.